The molecular weight excluding hydrogens is 406 g/mol. The summed E-state index contributed by atoms with van der Waals surface area (Å²) in [6.07, 6.45) is 2.42. The molecule has 0 bridgehead atoms. The van der Waals surface area contributed by atoms with Gasteiger partial charge in [-0.05, 0) is 46.6 Å². The summed E-state index contributed by atoms with van der Waals surface area (Å²) in [4.78, 5) is 5.20. The standard InChI is InChI=1S/C28H41N3Si/c1-22(2)32(23(3)4,24(5)6)31-16-15-26-27(13-10-14-28(26)31)30-19-17-29(18-20-30)21-25-11-8-7-9-12-25/h7-16,22-24H,17-21H2,1-6H3. The number of piperazine rings is 1. The van der Waals surface area contributed by atoms with Gasteiger partial charge in [0.15, 0.2) is 8.24 Å². The number of benzene rings is 2. The number of aromatic nitrogens is 1. The minimum atomic E-state index is -1.75. The molecule has 1 aromatic heterocycles. The lowest BCUT2D eigenvalue weighted by Gasteiger charge is -2.44. The zero-order chi connectivity index (χ0) is 22.9. The van der Waals surface area contributed by atoms with Crippen LogP contribution in [0.1, 0.15) is 47.1 Å². The SMILES string of the molecule is CC(C)[Si](C(C)C)(C(C)C)n1ccc2c(N3CCN(Cc4ccccc4)CC3)cccc21. The lowest BCUT2D eigenvalue weighted by Crippen LogP contribution is -2.51. The van der Waals surface area contributed by atoms with E-state index in [1.807, 2.05) is 0 Å². The molecule has 0 amide bonds. The first-order valence-electron chi connectivity index (χ1n) is 12.5. The Kier molecular flexibility index (Phi) is 6.82. The van der Waals surface area contributed by atoms with E-state index in [1.165, 1.54) is 22.2 Å². The van der Waals surface area contributed by atoms with Crippen LogP contribution in [-0.2, 0) is 6.54 Å². The highest BCUT2D eigenvalue weighted by Gasteiger charge is 2.45. The molecule has 4 heteroatoms. The molecule has 0 saturated carbocycles. The molecule has 0 unspecified atom stereocenters. The Labute approximate surface area is 196 Å². The Hall–Kier alpha value is -2.04. The van der Waals surface area contributed by atoms with E-state index in [2.05, 4.69) is 116 Å². The number of hydrogen-bond donors (Lipinski definition) is 0. The molecule has 3 nitrogen and oxygen atoms in total. The van der Waals surface area contributed by atoms with Crippen molar-refractivity contribution in [3.8, 4) is 0 Å². The van der Waals surface area contributed by atoms with Crippen molar-refractivity contribution in [2.75, 3.05) is 31.1 Å². The summed E-state index contributed by atoms with van der Waals surface area (Å²) in [6, 6.07) is 20.2. The van der Waals surface area contributed by atoms with Crippen molar-refractivity contribution >= 4 is 24.8 Å². The number of anilines is 1. The average Bonchev–Trinajstić information content (AvgIpc) is 3.19. The van der Waals surface area contributed by atoms with Crippen LogP contribution in [0.15, 0.2) is 60.8 Å². The molecule has 0 N–H and O–H groups in total. The van der Waals surface area contributed by atoms with Crippen molar-refractivity contribution in [1.29, 1.82) is 0 Å². The van der Waals surface area contributed by atoms with Gasteiger partial charge in [0.2, 0.25) is 0 Å². The monoisotopic (exact) mass is 447 g/mol. The first-order valence-corrected chi connectivity index (χ1v) is 14.6. The fraction of sp³-hybridized carbons (Fsp3) is 0.500. The molecule has 0 atom stereocenters. The van der Waals surface area contributed by atoms with Crippen molar-refractivity contribution < 1.29 is 0 Å². The van der Waals surface area contributed by atoms with E-state index < -0.39 is 8.24 Å². The van der Waals surface area contributed by atoms with Gasteiger partial charge in [0, 0.05) is 49.3 Å². The highest BCUT2D eigenvalue weighted by molar-refractivity contribution is 6.82. The Morgan fingerprint density at radius 3 is 1.94 bits per heavy atom. The number of nitrogens with zero attached hydrogens (tertiary/aromatic N) is 3. The van der Waals surface area contributed by atoms with Gasteiger partial charge < -0.3 is 9.13 Å². The van der Waals surface area contributed by atoms with Crippen molar-refractivity contribution in [3.63, 3.8) is 0 Å². The second kappa shape index (κ2) is 9.44. The van der Waals surface area contributed by atoms with Gasteiger partial charge in [-0.25, -0.2) is 0 Å². The van der Waals surface area contributed by atoms with E-state index in [1.54, 1.807) is 0 Å². The molecule has 0 aliphatic carbocycles. The molecule has 172 valence electrons. The third kappa shape index (κ3) is 4.03. The van der Waals surface area contributed by atoms with E-state index in [0.29, 0.717) is 16.6 Å². The maximum atomic E-state index is 2.75. The molecule has 0 spiro atoms. The largest absolute Gasteiger partial charge is 0.373 e. The lowest BCUT2D eigenvalue weighted by molar-refractivity contribution is 0.250. The van der Waals surface area contributed by atoms with E-state index in [0.717, 1.165) is 32.7 Å². The van der Waals surface area contributed by atoms with Crippen molar-refractivity contribution in [1.82, 2.24) is 9.13 Å². The third-order valence-electron chi connectivity index (χ3n) is 7.86. The first kappa shape index (κ1) is 23.1. The van der Waals surface area contributed by atoms with E-state index in [4.69, 9.17) is 0 Å². The average molecular weight is 448 g/mol. The quantitative estimate of drug-likeness (QED) is 0.362. The maximum Gasteiger partial charge on any atom is 0.169 e. The van der Waals surface area contributed by atoms with Crippen LogP contribution in [0.4, 0.5) is 5.69 Å². The summed E-state index contributed by atoms with van der Waals surface area (Å²) in [5, 5.41) is 1.43. The van der Waals surface area contributed by atoms with Crippen LogP contribution in [0.25, 0.3) is 10.9 Å². The number of fused-ring (bicyclic) bond motifs is 1. The zero-order valence-corrected chi connectivity index (χ0v) is 21.9. The lowest BCUT2D eigenvalue weighted by atomic mass is 10.1. The van der Waals surface area contributed by atoms with Gasteiger partial charge in [-0.2, -0.15) is 0 Å². The highest BCUT2D eigenvalue weighted by Crippen LogP contribution is 2.45. The van der Waals surface area contributed by atoms with Gasteiger partial charge in [-0.15, -0.1) is 0 Å². The predicted molar refractivity (Wildman–Crippen MR) is 142 cm³/mol. The third-order valence-corrected chi connectivity index (χ3v) is 14.6. The molecule has 1 saturated heterocycles. The summed E-state index contributed by atoms with van der Waals surface area (Å²) in [5.74, 6) is 0. The second-order valence-corrected chi connectivity index (χ2v) is 16.2. The Morgan fingerprint density at radius 2 is 1.34 bits per heavy atom. The van der Waals surface area contributed by atoms with Crippen LogP contribution < -0.4 is 4.90 Å². The van der Waals surface area contributed by atoms with Crippen LogP contribution in [-0.4, -0.2) is 43.5 Å². The number of hydrogen-bond acceptors (Lipinski definition) is 2. The van der Waals surface area contributed by atoms with Crippen molar-refractivity contribution in [3.05, 3.63) is 66.4 Å². The zero-order valence-electron chi connectivity index (χ0n) is 20.9. The van der Waals surface area contributed by atoms with Gasteiger partial charge in [0.25, 0.3) is 0 Å². The van der Waals surface area contributed by atoms with Crippen molar-refractivity contribution in [2.24, 2.45) is 0 Å². The molecule has 1 aliphatic heterocycles. The fourth-order valence-corrected chi connectivity index (χ4v) is 13.2. The van der Waals surface area contributed by atoms with E-state index in [-0.39, 0.29) is 0 Å². The van der Waals surface area contributed by atoms with Crippen LogP contribution >= 0.6 is 0 Å². The molecule has 2 heterocycles. The Balaban J connectivity index is 1.60. The van der Waals surface area contributed by atoms with Gasteiger partial charge in [-0.3, -0.25) is 4.90 Å². The maximum absolute atomic E-state index is 2.75. The molecular formula is C28H41N3Si. The van der Waals surface area contributed by atoms with Crippen LogP contribution in [0, 0.1) is 0 Å². The van der Waals surface area contributed by atoms with Crippen molar-refractivity contribution in [2.45, 2.75) is 64.7 Å². The van der Waals surface area contributed by atoms with Gasteiger partial charge in [0.1, 0.15) is 0 Å². The smallest absolute Gasteiger partial charge is 0.169 e. The van der Waals surface area contributed by atoms with Gasteiger partial charge in [-0.1, -0.05) is 77.9 Å². The summed E-state index contributed by atoms with van der Waals surface area (Å²) in [7, 11) is -1.75. The fourth-order valence-electron chi connectivity index (χ4n) is 6.59. The topological polar surface area (TPSA) is 11.4 Å². The molecule has 1 aliphatic rings. The van der Waals surface area contributed by atoms with E-state index >= 15 is 0 Å². The van der Waals surface area contributed by atoms with Gasteiger partial charge in [0.05, 0.1) is 0 Å². The van der Waals surface area contributed by atoms with Crippen LogP contribution in [0.2, 0.25) is 16.6 Å². The highest BCUT2D eigenvalue weighted by atomic mass is 28.3. The van der Waals surface area contributed by atoms with E-state index in [9.17, 15) is 0 Å². The summed E-state index contributed by atoms with van der Waals surface area (Å²) in [5.41, 5.74) is 6.36. The first-order chi connectivity index (χ1) is 15.4. The molecule has 3 aromatic rings. The Morgan fingerprint density at radius 1 is 0.719 bits per heavy atom. The molecule has 0 radical (unpaired) electrons. The molecule has 4 rings (SSSR count). The van der Waals surface area contributed by atoms with Crippen LogP contribution in [0.5, 0.6) is 0 Å². The molecule has 1 fully saturated rings. The normalized spacial score (nSPS) is 16.1. The minimum absolute atomic E-state index is 0.697. The Bertz CT molecular complexity index is 992. The molecule has 32 heavy (non-hydrogen) atoms. The summed E-state index contributed by atoms with van der Waals surface area (Å²) in [6.45, 7) is 20.2. The predicted octanol–water partition coefficient (Wildman–Crippen LogP) is 6.99. The summed E-state index contributed by atoms with van der Waals surface area (Å²) >= 11 is 0. The van der Waals surface area contributed by atoms with Gasteiger partial charge >= 0.3 is 0 Å². The summed E-state index contributed by atoms with van der Waals surface area (Å²) < 4.78 is 2.75. The molecule has 2 aromatic carbocycles. The second-order valence-electron chi connectivity index (χ2n) is 10.5. The number of rotatable bonds is 7. The minimum Gasteiger partial charge on any atom is -0.373 e. The van der Waals surface area contributed by atoms with Crippen LogP contribution in [0.3, 0.4) is 0 Å².